The van der Waals surface area contributed by atoms with Crippen LogP contribution in [-0.2, 0) is 6.54 Å². The van der Waals surface area contributed by atoms with Crippen LogP contribution in [0.15, 0.2) is 11.4 Å². The van der Waals surface area contributed by atoms with E-state index in [1.165, 1.54) is 10.4 Å². The molecule has 0 atom stereocenters. The molecule has 0 bridgehead atoms. The van der Waals surface area contributed by atoms with Crippen molar-refractivity contribution in [3.8, 4) is 0 Å². The minimum Gasteiger partial charge on any atom is -0.395 e. The molecule has 0 aromatic carbocycles. The van der Waals surface area contributed by atoms with Crippen LogP contribution in [0.3, 0.4) is 0 Å². The van der Waals surface area contributed by atoms with Gasteiger partial charge in [-0.2, -0.15) is 0 Å². The molecule has 0 aliphatic carbocycles. The van der Waals surface area contributed by atoms with Crippen LogP contribution in [0.5, 0.6) is 0 Å². The maximum atomic E-state index is 8.83. The number of aliphatic hydroxyl groups is 1. The first-order chi connectivity index (χ1) is 6.27. The molecule has 1 N–H and O–H groups in total. The Morgan fingerprint density at radius 3 is 2.77 bits per heavy atom. The zero-order chi connectivity index (χ0) is 9.68. The van der Waals surface area contributed by atoms with Gasteiger partial charge in [0.25, 0.3) is 0 Å². The lowest BCUT2D eigenvalue weighted by molar-refractivity contribution is 0.197. The van der Waals surface area contributed by atoms with Gasteiger partial charge in [0.1, 0.15) is 0 Å². The van der Waals surface area contributed by atoms with Crippen molar-refractivity contribution in [2.45, 2.75) is 20.4 Å². The third kappa shape index (κ3) is 3.10. The summed E-state index contributed by atoms with van der Waals surface area (Å²) in [5.41, 5.74) is 1.36. The zero-order valence-electron chi connectivity index (χ0n) is 8.29. The smallest absolute Gasteiger partial charge is 0.0558 e. The number of hydrogen-bond donors (Lipinski definition) is 1. The maximum absolute atomic E-state index is 8.83. The highest BCUT2D eigenvalue weighted by atomic mass is 32.1. The molecule has 0 spiro atoms. The number of thiophene rings is 1. The number of nitrogens with zero attached hydrogens (tertiary/aromatic N) is 1. The third-order valence-electron chi connectivity index (χ3n) is 2.20. The molecule has 0 aliphatic rings. The average Bonchev–Trinajstić information content (AvgIpc) is 2.51. The van der Waals surface area contributed by atoms with Crippen molar-refractivity contribution in [1.82, 2.24) is 4.90 Å². The van der Waals surface area contributed by atoms with E-state index in [2.05, 4.69) is 30.2 Å². The van der Waals surface area contributed by atoms with E-state index >= 15 is 0 Å². The fraction of sp³-hybridized carbons (Fsp3) is 0.600. The van der Waals surface area contributed by atoms with Crippen molar-refractivity contribution in [3.63, 3.8) is 0 Å². The first-order valence-corrected chi connectivity index (χ1v) is 5.52. The van der Waals surface area contributed by atoms with Gasteiger partial charge in [-0.05, 0) is 30.5 Å². The molecule has 1 aromatic heterocycles. The molecule has 0 radical (unpaired) electrons. The fourth-order valence-corrected chi connectivity index (χ4v) is 2.21. The van der Waals surface area contributed by atoms with Crippen LogP contribution in [0.25, 0.3) is 0 Å². The van der Waals surface area contributed by atoms with E-state index in [1.807, 2.05) is 0 Å². The van der Waals surface area contributed by atoms with Crippen molar-refractivity contribution in [2.75, 3.05) is 19.7 Å². The molecule has 0 amide bonds. The second kappa shape index (κ2) is 5.37. The highest BCUT2D eigenvalue weighted by Crippen LogP contribution is 2.17. The summed E-state index contributed by atoms with van der Waals surface area (Å²) >= 11 is 1.80. The summed E-state index contributed by atoms with van der Waals surface area (Å²) in [5.74, 6) is 0. The Hall–Kier alpha value is -0.380. The Balaban J connectivity index is 2.51. The fourth-order valence-electron chi connectivity index (χ4n) is 1.26. The number of likely N-dealkylation sites (N-methyl/N-ethyl adjacent to an activating group) is 1. The second-order valence-electron chi connectivity index (χ2n) is 3.12. The van der Waals surface area contributed by atoms with Crippen LogP contribution in [-0.4, -0.2) is 29.7 Å². The van der Waals surface area contributed by atoms with Gasteiger partial charge in [-0.1, -0.05) is 6.92 Å². The third-order valence-corrected chi connectivity index (χ3v) is 3.21. The summed E-state index contributed by atoms with van der Waals surface area (Å²) < 4.78 is 0. The molecule has 2 nitrogen and oxygen atoms in total. The van der Waals surface area contributed by atoms with Gasteiger partial charge in [0.2, 0.25) is 0 Å². The van der Waals surface area contributed by atoms with Crippen molar-refractivity contribution in [1.29, 1.82) is 0 Å². The predicted octanol–water partition coefficient (Wildman–Crippen LogP) is 1.87. The van der Waals surface area contributed by atoms with E-state index in [-0.39, 0.29) is 6.61 Å². The molecule has 1 heterocycles. The quantitative estimate of drug-likeness (QED) is 0.782. The van der Waals surface area contributed by atoms with Crippen LogP contribution < -0.4 is 0 Å². The summed E-state index contributed by atoms with van der Waals surface area (Å²) in [5, 5.41) is 10.9. The van der Waals surface area contributed by atoms with Crippen molar-refractivity contribution in [3.05, 3.63) is 21.9 Å². The van der Waals surface area contributed by atoms with Crippen LogP contribution in [0.2, 0.25) is 0 Å². The standard InChI is InChI=1S/C10H17NOS/c1-3-11(5-6-12)8-10-9(2)4-7-13-10/h4,7,12H,3,5-6,8H2,1-2H3. The number of aliphatic hydroxyl groups excluding tert-OH is 1. The Kier molecular flexibility index (Phi) is 4.42. The minimum absolute atomic E-state index is 0.248. The number of rotatable bonds is 5. The molecule has 0 fully saturated rings. The Morgan fingerprint density at radius 2 is 2.31 bits per heavy atom. The molecular formula is C10H17NOS. The van der Waals surface area contributed by atoms with Gasteiger partial charge in [-0.25, -0.2) is 0 Å². The van der Waals surface area contributed by atoms with Crippen molar-refractivity contribution < 1.29 is 5.11 Å². The van der Waals surface area contributed by atoms with E-state index in [0.29, 0.717) is 0 Å². The van der Waals surface area contributed by atoms with Crippen molar-refractivity contribution >= 4 is 11.3 Å². The minimum atomic E-state index is 0.248. The molecule has 13 heavy (non-hydrogen) atoms. The number of hydrogen-bond acceptors (Lipinski definition) is 3. The summed E-state index contributed by atoms with van der Waals surface area (Å²) in [6.45, 7) is 7.25. The number of aryl methyl sites for hydroxylation is 1. The molecule has 3 heteroatoms. The van der Waals surface area contributed by atoms with Crippen LogP contribution in [0.4, 0.5) is 0 Å². The monoisotopic (exact) mass is 199 g/mol. The molecule has 1 rings (SSSR count). The molecule has 0 unspecified atom stereocenters. The van der Waals surface area contributed by atoms with Gasteiger partial charge in [0.05, 0.1) is 6.61 Å². The first-order valence-electron chi connectivity index (χ1n) is 4.64. The van der Waals surface area contributed by atoms with Gasteiger partial charge in [-0.15, -0.1) is 11.3 Å². The van der Waals surface area contributed by atoms with E-state index in [0.717, 1.165) is 19.6 Å². The summed E-state index contributed by atoms with van der Waals surface area (Å²) in [6.07, 6.45) is 0. The summed E-state index contributed by atoms with van der Waals surface area (Å²) in [6, 6.07) is 2.15. The highest BCUT2D eigenvalue weighted by molar-refractivity contribution is 7.10. The van der Waals surface area contributed by atoms with E-state index in [9.17, 15) is 0 Å². The predicted molar refractivity (Wildman–Crippen MR) is 57.1 cm³/mol. The molecule has 0 saturated carbocycles. The lowest BCUT2D eigenvalue weighted by Gasteiger charge is -2.18. The molecule has 0 aliphatic heterocycles. The SMILES string of the molecule is CCN(CCO)Cc1sccc1C. The largest absolute Gasteiger partial charge is 0.395 e. The topological polar surface area (TPSA) is 23.5 Å². The lowest BCUT2D eigenvalue weighted by Crippen LogP contribution is -2.25. The van der Waals surface area contributed by atoms with E-state index in [1.54, 1.807) is 11.3 Å². The van der Waals surface area contributed by atoms with E-state index in [4.69, 9.17) is 5.11 Å². The summed E-state index contributed by atoms with van der Waals surface area (Å²) in [7, 11) is 0. The van der Waals surface area contributed by atoms with Gasteiger partial charge >= 0.3 is 0 Å². The zero-order valence-corrected chi connectivity index (χ0v) is 9.10. The van der Waals surface area contributed by atoms with E-state index < -0.39 is 0 Å². The summed E-state index contributed by atoms with van der Waals surface area (Å²) in [4.78, 5) is 3.66. The second-order valence-corrected chi connectivity index (χ2v) is 4.12. The normalized spacial score (nSPS) is 11.1. The first kappa shape index (κ1) is 10.7. The van der Waals surface area contributed by atoms with Gasteiger partial charge in [0.15, 0.2) is 0 Å². The maximum Gasteiger partial charge on any atom is 0.0558 e. The highest BCUT2D eigenvalue weighted by Gasteiger charge is 2.05. The lowest BCUT2D eigenvalue weighted by atomic mass is 10.3. The average molecular weight is 199 g/mol. The van der Waals surface area contributed by atoms with Crippen LogP contribution in [0.1, 0.15) is 17.4 Å². The van der Waals surface area contributed by atoms with Crippen LogP contribution >= 0.6 is 11.3 Å². The van der Waals surface area contributed by atoms with Gasteiger partial charge in [-0.3, -0.25) is 4.90 Å². The van der Waals surface area contributed by atoms with Gasteiger partial charge < -0.3 is 5.11 Å². The Morgan fingerprint density at radius 1 is 1.54 bits per heavy atom. The molecule has 74 valence electrons. The Bertz CT molecular complexity index is 247. The Labute approximate surface area is 83.8 Å². The van der Waals surface area contributed by atoms with Crippen molar-refractivity contribution in [2.24, 2.45) is 0 Å². The molecule has 1 aromatic rings. The van der Waals surface area contributed by atoms with Gasteiger partial charge in [0, 0.05) is 18.0 Å². The molecule has 0 saturated heterocycles. The van der Waals surface area contributed by atoms with Crippen LogP contribution in [0, 0.1) is 6.92 Å². The molecular weight excluding hydrogens is 182 g/mol.